The zero-order chi connectivity index (χ0) is 17.4. The summed E-state index contributed by atoms with van der Waals surface area (Å²) in [5.41, 5.74) is 5.42. The zero-order valence-corrected chi connectivity index (χ0v) is 14.4. The molecule has 0 saturated carbocycles. The lowest BCUT2D eigenvalue weighted by Crippen LogP contribution is -2.45. The van der Waals surface area contributed by atoms with E-state index in [-0.39, 0.29) is 18.1 Å². The van der Waals surface area contributed by atoms with E-state index in [1.54, 1.807) is 0 Å². The van der Waals surface area contributed by atoms with Gasteiger partial charge in [-0.15, -0.1) is 0 Å². The molecule has 2 aromatic heterocycles. The van der Waals surface area contributed by atoms with Crippen molar-refractivity contribution in [3.8, 4) is 0 Å². The molecular weight excluding hydrogens is 314 g/mol. The van der Waals surface area contributed by atoms with Crippen molar-refractivity contribution < 1.29 is 9.53 Å². The standard InChI is InChI=1S/C20H21N3O2/c1-3-12-8-9-16(21-11-12)19-18-14(10-17(23-19)20(24)25-2)13-6-4-5-7-15(13)22-18/h4-9,11,17,19,22-23H,3,10H2,1-2H3. The van der Waals surface area contributed by atoms with Gasteiger partial charge in [0.25, 0.3) is 0 Å². The first kappa shape index (κ1) is 15.8. The molecule has 3 heterocycles. The van der Waals surface area contributed by atoms with Crippen LogP contribution < -0.4 is 5.32 Å². The third kappa shape index (κ3) is 2.70. The number of aromatic amines is 1. The van der Waals surface area contributed by atoms with Crippen molar-refractivity contribution in [3.05, 3.63) is 65.1 Å². The largest absolute Gasteiger partial charge is 0.468 e. The summed E-state index contributed by atoms with van der Waals surface area (Å²) in [7, 11) is 1.43. The number of fused-ring (bicyclic) bond motifs is 3. The maximum absolute atomic E-state index is 12.2. The molecule has 128 valence electrons. The Bertz CT molecular complexity index is 914. The Kier molecular flexibility index (Phi) is 4.01. The van der Waals surface area contributed by atoms with E-state index >= 15 is 0 Å². The second-order valence-corrected chi connectivity index (χ2v) is 6.39. The average Bonchev–Trinajstić information content (AvgIpc) is 3.05. The molecule has 0 saturated heterocycles. The number of hydrogen-bond acceptors (Lipinski definition) is 4. The van der Waals surface area contributed by atoms with Gasteiger partial charge in [0.2, 0.25) is 0 Å². The SMILES string of the molecule is CCc1ccc(C2NC(C(=O)OC)Cc3c2[nH]c2ccccc32)nc1. The molecule has 0 bridgehead atoms. The van der Waals surface area contributed by atoms with Crippen LogP contribution in [0.15, 0.2) is 42.6 Å². The van der Waals surface area contributed by atoms with Crippen molar-refractivity contribution in [2.45, 2.75) is 31.8 Å². The molecule has 1 aromatic carbocycles. The highest BCUT2D eigenvalue weighted by atomic mass is 16.5. The van der Waals surface area contributed by atoms with Crippen LogP contribution in [0.4, 0.5) is 0 Å². The predicted octanol–water partition coefficient (Wildman–Crippen LogP) is 2.90. The number of benzene rings is 1. The third-order valence-corrected chi connectivity index (χ3v) is 4.95. The van der Waals surface area contributed by atoms with E-state index in [1.165, 1.54) is 12.7 Å². The number of esters is 1. The van der Waals surface area contributed by atoms with E-state index in [2.05, 4.69) is 40.4 Å². The molecule has 25 heavy (non-hydrogen) atoms. The fourth-order valence-corrected chi connectivity index (χ4v) is 3.58. The van der Waals surface area contributed by atoms with Gasteiger partial charge in [-0.05, 0) is 29.7 Å². The maximum Gasteiger partial charge on any atom is 0.323 e. The number of H-pyrrole nitrogens is 1. The molecule has 5 heteroatoms. The maximum atomic E-state index is 12.2. The fourth-order valence-electron chi connectivity index (χ4n) is 3.58. The normalized spacial score (nSPS) is 19.6. The zero-order valence-electron chi connectivity index (χ0n) is 14.4. The lowest BCUT2D eigenvalue weighted by atomic mass is 9.92. The topological polar surface area (TPSA) is 67.0 Å². The number of nitrogens with one attached hydrogen (secondary N) is 2. The minimum atomic E-state index is -0.380. The van der Waals surface area contributed by atoms with E-state index in [0.29, 0.717) is 6.42 Å². The quantitative estimate of drug-likeness (QED) is 0.722. The molecule has 3 aromatic rings. The molecule has 0 radical (unpaired) electrons. The van der Waals surface area contributed by atoms with Gasteiger partial charge in [-0.1, -0.05) is 31.2 Å². The van der Waals surface area contributed by atoms with Crippen LogP contribution in [0.5, 0.6) is 0 Å². The molecule has 1 aliphatic heterocycles. The summed E-state index contributed by atoms with van der Waals surface area (Å²) >= 11 is 0. The summed E-state index contributed by atoms with van der Waals surface area (Å²) in [6.45, 7) is 2.11. The van der Waals surface area contributed by atoms with Crippen LogP contribution in [0.25, 0.3) is 10.9 Å². The second-order valence-electron chi connectivity index (χ2n) is 6.39. The number of ether oxygens (including phenoxy) is 1. The monoisotopic (exact) mass is 335 g/mol. The van der Waals surface area contributed by atoms with Gasteiger partial charge >= 0.3 is 5.97 Å². The molecule has 0 amide bonds. The number of hydrogen-bond donors (Lipinski definition) is 2. The predicted molar refractivity (Wildman–Crippen MR) is 96.4 cm³/mol. The summed E-state index contributed by atoms with van der Waals surface area (Å²) in [5.74, 6) is -0.244. The number of methoxy groups -OCH3 is 1. The van der Waals surface area contributed by atoms with Crippen LogP contribution in [0.1, 0.15) is 35.5 Å². The van der Waals surface area contributed by atoms with Crippen molar-refractivity contribution >= 4 is 16.9 Å². The van der Waals surface area contributed by atoms with Crippen LogP contribution in [0.3, 0.4) is 0 Å². The molecule has 1 aliphatic rings. The minimum absolute atomic E-state index is 0.161. The van der Waals surface area contributed by atoms with Gasteiger partial charge in [0.15, 0.2) is 0 Å². The van der Waals surface area contributed by atoms with Gasteiger partial charge in [0.05, 0.1) is 18.8 Å². The summed E-state index contributed by atoms with van der Waals surface area (Å²) in [6, 6.07) is 11.8. The Morgan fingerprint density at radius 1 is 1.28 bits per heavy atom. The van der Waals surface area contributed by atoms with E-state index in [0.717, 1.165) is 34.3 Å². The Labute approximate surface area is 146 Å². The minimum Gasteiger partial charge on any atom is -0.468 e. The molecule has 2 N–H and O–H groups in total. The molecule has 0 spiro atoms. The number of para-hydroxylation sites is 1. The van der Waals surface area contributed by atoms with Crippen molar-refractivity contribution in [1.29, 1.82) is 0 Å². The summed E-state index contributed by atoms with van der Waals surface area (Å²) in [4.78, 5) is 20.3. The van der Waals surface area contributed by atoms with Gasteiger partial charge in [-0.25, -0.2) is 0 Å². The van der Waals surface area contributed by atoms with Crippen LogP contribution in [0.2, 0.25) is 0 Å². The van der Waals surface area contributed by atoms with Crippen molar-refractivity contribution in [2.24, 2.45) is 0 Å². The third-order valence-electron chi connectivity index (χ3n) is 4.95. The smallest absolute Gasteiger partial charge is 0.323 e. The van der Waals surface area contributed by atoms with E-state index < -0.39 is 0 Å². The first-order valence-electron chi connectivity index (χ1n) is 8.59. The van der Waals surface area contributed by atoms with E-state index in [4.69, 9.17) is 4.74 Å². The fraction of sp³-hybridized carbons (Fsp3) is 0.300. The number of rotatable bonds is 3. The molecule has 2 atom stereocenters. The van der Waals surface area contributed by atoms with Gasteiger partial charge < -0.3 is 9.72 Å². The second kappa shape index (κ2) is 6.33. The van der Waals surface area contributed by atoms with E-state index in [9.17, 15) is 4.79 Å². The van der Waals surface area contributed by atoms with Crippen LogP contribution in [0, 0.1) is 0 Å². The number of aromatic nitrogens is 2. The number of pyridine rings is 1. The first-order valence-corrected chi connectivity index (χ1v) is 8.59. The number of carbonyl (C=O) groups excluding carboxylic acids is 1. The average molecular weight is 335 g/mol. The van der Waals surface area contributed by atoms with Crippen molar-refractivity contribution in [2.75, 3.05) is 7.11 Å². The Hall–Kier alpha value is -2.66. The highest BCUT2D eigenvalue weighted by Crippen LogP contribution is 2.34. The summed E-state index contributed by atoms with van der Waals surface area (Å²) < 4.78 is 4.98. The van der Waals surface area contributed by atoms with Crippen LogP contribution in [-0.2, 0) is 22.4 Å². The van der Waals surface area contributed by atoms with Gasteiger partial charge in [-0.2, -0.15) is 0 Å². The van der Waals surface area contributed by atoms with E-state index in [1.807, 2.05) is 24.4 Å². The number of aryl methyl sites for hydroxylation is 1. The number of nitrogens with zero attached hydrogens (tertiary/aromatic N) is 1. The van der Waals surface area contributed by atoms with Crippen molar-refractivity contribution in [1.82, 2.24) is 15.3 Å². The molecule has 0 aliphatic carbocycles. The highest BCUT2D eigenvalue weighted by molar-refractivity contribution is 5.87. The van der Waals surface area contributed by atoms with Gasteiger partial charge in [0.1, 0.15) is 6.04 Å². The molecule has 0 fully saturated rings. The van der Waals surface area contributed by atoms with Crippen molar-refractivity contribution in [3.63, 3.8) is 0 Å². The lowest BCUT2D eigenvalue weighted by molar-refractivity contribution is -0.143. The molecular formula is C20H21N3O2. The van der Waals surface area contributed by atoms with Crippen LogP contribution >= 0.6 is 0 Å². The van der Waals surface area contributed by atoms with Crippen LogP contribution in [-0.4, -0.2) is 29.1 Å². The molecule has 5 nitrogen and oxygen atoms in total. The van der Waals surface area contributed by atoms with Gasteiger partial charge in [0, 0.05) is 29.2 Å². The summed E-state index contributed by atoms with van der Waals surface area (Å²) in [6.07, 6.45) is 3.46. The summed E-state index contributed by atoms with van der Waals surface area (Å²) in [5, 5.41) is 4.56. The number of carbonyl (C=O) groups is 1. The highest BCUT2D eigenvalue weighted by Gasteiger charge is 2.34. The van der Waals surface area contributed by atoms with Gasteiger partial charge in [-0.3, -0.25) is 15.1 Å². The molecule has 2 unspecified atom stereocenters. The lowest BCUT2D eigenvalue weighted by Gasteiger charge is -2.29. The molecule has 4 rings (SSSR count). The Morgan fingerprint density at radius 3 is 2.84 bits per heavy atom. The first-order chi connectivity index (χ1) is 12.2. The Morgan fingerprint density at radius 2 is 2.12 bits per heavy atom. The Balaban J connectivity index is 1.83.